The van der Waals surface area contributed by atoms with Gasteiger partial charge in [-0.15, -0.1) is 22.7 Å². The minimum Gasteiger partial charge on any atom is -0.450 e. The van der Waals surface area contributed by atoms with E-state index in [1.807, 2.05) is 5.38 Å². The van der Waals surface area contributed by atoms with E-state index in [0.29, 0.717) is 9.09 Å². The second kappa shape index (κ2) is 7.06. The molecule has 2 aromatic rings. The van der Waals surface area contributed by atoms with Crippen molar-refractivity contribution in [2.24, 2.45) is 0 Å². The van der Waals surface area contributed by atoms with Crippen molar-refractivity contribution in [2.45, 2.75) is 16.4 Å². The van der Waals surface area contributed by atoms with Gasteiger partial charge in [-0.25, -0.2) is 13.2 Å². The molecule has 8 heteroatoms. The van der Waals surface area contributed by atoms with E-state index >= 15 is 0 Å². The lowest BCUT2D eigenvalue weighted by atomic mass is 10.3. The van der Waals surface area contributed by atoms with E-state index < -0.39 is 21.2 Å². The highest BCUT2D eigenvalue weighted by molar-refractivity contribution is 7.93. The standard InChI is InChI=1S/C13H15NO4S3/c1-2-18-13(15)14-9-11(10-5-3-7-19-10)21(16,17)12-6-4-8-20-12/h3-8,11H,2,9H2,1H3,(H,14,15). The molecule has 1 N–H and O–H groups in total. The predicted molar refractivity (Wildman–Crippen MR) is 83.6 cm³/mol. The average Bonchev–Trinajstić information content (AvgIpc) is 3.12. The van der Waals surface area contributed by atoms with Gasteiger partial charge in [-0.2, -0.15) is 0 Å². The van der Waals surface area contributed by atoms with Gasteiger partial charge < -0.3 is 10.1 Å². The summed E-state index contributed by atoms with van der Waals surface area (Å²) in [5.41, 5.74) is 0. The third kappa shape index (κ3) is 3.84. The lowest BCUT2D eigenvalue weighted by Crippen LogP contribution is -2.31. The van der Waals surface area contributed by atoms with Gasteiger partial charge in [0.2, 0.25) is 0 Å². The van der Waals surface area contributed by atoms with Crippen molar-refractivity contribution < 1.29 is 17.9 Å². The molecule has 5 nitrogen and oxygen atoms in total. The summed E-state index contributed by atoms with van der Waals surface area (Å²) in [6.45, 7) is 1.92. The van der Waals surface area contributed by atoms with Crippen LogP contribution in [0.3, 0.4) is 0 Å². The smallest absolute Gasteiger partial charge is 0.407 e. The maximum absolute atomic E-state index is 12.7. The van der Waals surface area contributed by atoms with Crippen molar-refractivity contribution in [3.63, 3.8) is 0 Å². The van der Waals surface area contributed by atoms with Gasteiger partial charge in [0, 0.05) is 11.4 Å². The first-order chi connectivity index (χ1) is 10.1. The van der Waals surface area contributed by atoms with E-state index in [9.17, 15) is 13.2 Å². The maximum atomic E-state index is 12.7. The Morgan fingerprint density at radius 2 is 2.00 bits per heavy atom. The molecule has 1 amide bonds. The number of rotatable bonds is 6. The van der Waals surface area contributed by atoms with Crippen LogP contribution in [0.2, 0.25) is 0 Å². The highest BCUT2D eigenvalue weighted by Gasteiger charge is 2.31. The highest BCUT2D eigenvalue weighted by Crippen LogP contribution is 2.33. The van der Waals surface area contributed by atoms with Gasteiger partial charge in [0.05, 0.1) is 6.61 Å². The highest BCUT2D eigenvalue weighted by atomic mass is 32.2. The summed E-state index contributed by atoms with van der Waals surface area (Å²) in [5.74, 6) is 0. The van der Waals surface area contributed by atoms with Crippen molar-refractivity contribution in [3.05, 3.63) is 39.9 Å². The number of alkyl carbamates (subject to hydrolysis) is 1. The van der Waals surface area contributed by atoms with Crippen molar-refractivity contribution in [1.29, 1.82) is 0 Å². The number of amides is 1. The molecule has 2 aromatic heterocycles. The number of hydrogen-bond donors (Lipinski definition) is 1. The number of sulfone groups is 1. The van der Waals surface area contributed by atoms with Crippen LogP contribution in [-0.4, -0.2) is 27.7 Å². The van der Waals surface area contributed by atoms with Crippen LogP contribution >= 0.6 is 22.7 Å². The minimum atomic E-state index is -3.53. The summed E-state index contributed by atoms with van der Waals surface area (Å²) in [5, 5.41) is 5.24. The quantitative estimate of drug-likeness (QED) is 0.873. The van der Waals surface area contributed by atoms with E-state index in [1.165, 1.54) is 22.7 Å². The Labute approximate surface area is 131 Å². The predicted octanol–water partition coefficient (Wildman–Crippen LogP) is 3.07. The molecule has 0 bridgehead atoms. The molecule has 0 fully saturated rings. The van der Waals surface area contributed by atoms with Crippen LogP contribution in [0.25, 0.3) is 0 Å². The van der Waals surface area contributed by atoms with Crippen LogP contribution in [0.5, 0.6) is 0 Å². The zero-order valence-corrected chi connectivity index (χ0v) is 13.8. The van der Waals surface area contributed by atoms with Crippen molar-refractivity contribution in [2.75, 3.05) is 13.2 Å². The summed E-state index contributed by atoms with van der Waals surface area (Å²) in [6, 6.07) is 6.82. The van der Waals surface area contributed by atoms with E-state index in [-0.39, 0.29) is 13.2 Å². The first kappa shape index (κ1) is 16.0. The first-order valence-corrected chi connectivity index (χ1v) is 9.57. The summed E-state index contributed by atoms with van der Waals surface area (Å²) >= 11 is 2.53. The monoisotopic (exact) mass is 345 g/mol. The van der Waals surface area contributed by atoms with Gasteiger partial charge in [0.25, 0.3) is 0 Å². The van der Waals surface area contributed by atoms with Crippen LogP contribution < -0.4 is 5.32 Å². The Balaban J connectivity index is 2.23. The lowest BCUT2D eigenvalue weighted by Gasteiger charge is -2.16. The molecule has 0 aliphatic carbocycles. The zero-order valence-electron chi connectivity index (χ0n) is 11.3. The van der Waals surface area contributed by atoms with Crippen LogP contribution in [0, 0.1) is 0 Å². The molecular formula is C13H15NO4S3. The number of hydrogen-bond acceptors (Lipinski definition) is 6. The van der Waals surface area contributed by atoms with Crippen LogP contribution in [0.1, 0.15) is 17.1 Å². The third-order valence-electron chi connectivity index (χ3n) is 2.72. The molecule has 0 aromatic carbocycles. The number of carbonyl (C=O) groups is 1. The SMILES string of the molecule is CCOC(=O)NCC(c1cccs1)S(=O)(=O)c1cccs1. The second-order valence-corrected chi connectivity index (χ2v) is 8.37. The Hall–Kier alpha value is -1.38. The van der Waals surface area contributed by atoms with Crippen LogP contribution in [0.4, 0.5) is 4.79 Å². The Bertz CT molecular complexity index is 662. The van der Waals surface area contributed by atoms with E-state index in [4.69, 9.17) is 4.74 Å². The molecule has 0 spiro atoms. The minimum absolute atomic E-state index is 0.0143. The molecule has 2 heterocycles. The molecule has 114 valence electrons. The Morgan fingerprint density at radius 3 is 2.57 bits per heavy atom. The average molecular weight is 345 g/mol. The van der Waals surface area contributed by atoms with E-state index in [1.54, 1.807) is 36.6 Å². The number of thiophene rings is 2. The molecular weight excluding hydrogens is 330 g/mol. The second-order valence-electron chi connectivity index (χ2n) is 4.08. The molecule has 1 unspecified atom stereocenters. The van der Waals surface area contributed by atoms with E-state index in [2.05, 4.69) is 5.32 Å². The van der Waals surface area contributed by atoms with Gasteiger partial charge in [0.1, 0.15) is 9.46 Å². The van der Waals surface area contributed by atoms with Crippen LogP contribution in [0.15, 0.2) is 39.2 Å². The molecule has 0 aliphatic rings. The van der Waals surface area contributed by atoms with Crippen molar-refractivity contribution in [1.82, 2.24) is 5.32 Å². The molecule has 1 atom stereocenters. The Kier molecular flexibility index (Phi) is 5.38. The fourth-order valence-electron chi connectivity index (χ4n) is 1.76. The fourth-order valence-corrected chi connectivity index (χ4v) is 5.75. The molecule has 0 saturated carbocycles. The van der Waals surface area contributed by atoms with Crippen LogP contribution in [-0.2, 0) is 14.6 Å². The Morgan fingerprint density at radius 1 is 1.29 bits per heavy atom. The molecule has 0 aliphatic heterocycles. The van der Waals surface area contributed by atoms with Gasteiger partial charge in [-0.3, -0.25) is 0 Å². The van der Waals surface area contributed by atoms with Gasteiger partial charge in [0.15, 0.2) is 9.84 Å². The molecule has 0 radical (unpaired) electrons. The molecule has 21 heavy (non-hydrogen) atoms. The van der Waals surface area contributed by atoms with Crippen molar-refractivity contribution in [3.8, 4) is 0 Å². The summed E-state index contributed by atoms with van der Waals surface area (Å²) in [4.78, 5) is 12.1. The molecule has 2 rings (SSSR count). The normalized spacial score (nSPS) is 12.8. The van der Waals surface area contributed by atoms with Gasteiger partial charge in [-0.05, 0) is 29.8 Å². The molecule has 0 saturated heterocycles. The largest absolute Gasteiger partial charge is 0.450 e. The maximum Gasteiger partial charge on any atom is 0.407 e. The zero-order chi connectivity index (χ0) is 15.3. The van der Waals surface area contributed by atoms with Gasteiger partial charge in [-0.1, -0.05) is 12.1 Å². The fraction of sp³-hybridized carbons (Fsp3) is 0.308. The van der Waals surface area contributed by atoms with Crippen molar-refractivity contribution >= 4 is 38.6 Å². The number of carbonyl (C=O) groups excluding carboxylic acids is 1. The lowest BCUT2D eigenvalue weighted by molar-refractivity contribution is 0.152. The topological polar surface area (TPSA) is 72.5 Å². The summed E-state index contributed by atoms with van der Waals surface area (Å²) < 4.78 is 30.4. The number of nitrogens with one attached hydrogen (secondary N) is 1. The number of ether oxygens (including phenoxy) is 1. The summed E-state index contributed by atoms with van der Waals surface area (Å²) in [6.07, 6.45) is -0.611. The van der Waals surface area contributed by atoms with E-state index in [0.717, 1.165) is 0 Å². The third-order valence-corrected chi connectivity index (χ3v) is 7.37. The summed E-state index contributed by atoms with van der Waals surface area (Å²) in [7, 11) is -3.53. The van der Waals surface area contributed by atoms with Gasteiger partial charge >= 0.3 is 6.09 Å². The first-order valence-electron chi connectivity index (χ1n) is 6.27.